The van der Waals surface area contributed by atoms with E-state index in [1.807, 2.05) is 30.3 Å². The predicted octanol–water partition coefficient (Wildman–Crippen LogP) is 5.09. The molecule has 8 heteroatoms. The summed E-state index contributed by atoms with van der Waals surface area (Å²) in [4.78, 5) is 18.9. The number of amidine groups is 1. The molecule has 148 valence electrons. The largest absolute Gasteiger partial charge is 0.469 e. The zero-order chi connectivity index (χ0) is 20.4. The Balaban J connectivity index is 0.000000409. The fourth-order valence-corrected chi connectivity index (χ4v) is 3.25. The van der Waals surface area contributed by atoms with Gasteiger partial charge in [0.25, 0.3) is 0 Å². The van der Waals surface area contributed by atoms with E-state index in [-0.39, 0.29) is 5.97 Å². The Bertz CT molecular complexity index is 851. The first-order valence-corrected chi connectivity index (χ1v) is 10.5. The highest BCUT2D eigenvalue weighted by Crippen LogP contribution is 2.29. The number of hydrogen-bond acceptors (Lipinski definition) is 6. The maximum absolute atomic E-state index is 9.96. The lowest BCUT2D eigenvalue weighted by Crippen LogP contribution is -2.09. The molecule has 28 heavy (non-hydrogen) atoms. The molecule has 1 N–H and O–H groups in total. The van der Waals surface area contributed by atoms with Gasteiger partial charge in [-0.15, -0.1) is 0 Å². The molecule has 2 aromatic rings. The fourth-order valence-electron chi connectivity index (χ4n) is 2.21. The highest BCUT2D eigenvalue weighted by atomic mass is 79.9. The first-order chi connectivity index (χ1) is 13.6. The number of rotatable bonds is 4. The molecule has 1 aromatic carbocycles. The molecule has 0 aliphatic carbocycles. The zero-order valence-corrected chi connectivity index (χ0v) is 18.5. The van der Waals surface area contributed by atoms with E-state index in [1.54, 1.807) is 13.1 Å². The quantitative estimate of drug-likeness (QED) is 0.505. The van der Waals surface area contributed by atoms with Crippen LogP contribution in [0, 0.1) is 0 Å². The van der Waals surface area contributed by atoms with E-state index in [4.69, 9.17) is 0 Å². The van der Waals surface area contributed by atoms with Gasteiger partial charge in [0, 0.05) is 46.8 Å². The first kappa shape index (κ1) is 22.1. The van der Waals surface area contributed by atoms with Gasteiger partial charge in [-0.25, -0.2) is 4.40 Å². The molecule has 0 saturated carbocycles. The van der Waals surface area contributed by atoms with Crippen molar-refractivity contribution in [2.24, 2.45) is 9.39 Å². The minimum atomic E-state index is -0.157. The minimum Gasteiger partial charge on any atom is -0.469 e. The molecule has 0 saturated heterocycles. The van der Waals surface area contributed by atoms with Crippen molar-refractivity contribution in [3.05, 3.63) is 58.3 Å². The van der Waals surface area contributed by atoms with Crippen molar-refractivity contribution in [3.8, 4) is 0 Å². The number of methoxy groups -OCH3 is 1. The van der Waals surface area contributed by atoms with E-state index in [2.05, 4.69) is 53.3 Å². The summed E-state index contributed by atoms with van der Waals surface area (Å²) >= 11 is 4.89. The maximum Gasteiger partial charge on any atom is 0.305 e. The number of esters is 1. The van der Waals surface area contributed by atoms with Crippen molar-refractivity contribution in [1.82, 2.24) is 4.98 Å². The molecule has 1 aliphatic rings. The number of aromatic nitrogens is 1. The number of nitrogens with zero attached hydrogens (tertiary/aromatic N) is 3. The Labute approximate surface area is 178 Å². The van der Waals surface area contributed by atoms with Crippen molar-refractivity contribution in [1.29, 1.82) is 0 Å². The second-order valence-electron chi connectivity index (χ2n) is 5.68. The normalized spacial score (nSPS) is 14.0. The lowest BCUT2D eigenvalue weighted by atomic mass is 10.0. The SMILES string of the molecule is CCC(=O)OC.CCCN=C1Nc2ccc(Br)cc2C(c2ccccn2)=NS1. The number of carbonyl (C=O) groups is 1. The van der Waals surface area contributed by atoms with Crippen molar-refractivity contribution in [3.63, 3.8) is 0 Å². The number of nitrogens with one attached hydrogen (secondary N) is 1. The Morgan fingerprint density at radius 3 is 2.71 bits per heavy atom. The van der Waals surface area contributed by atoms with E-state index in [1.165, 1.54) is 19.1 Å². The molecule has 3 rings (SSSR count). The van der Waals surface area contributed by atoms with Crippen LogP contribution in [0.3, 0.4) is 0 Å². The number of pyridine rings is 1. The Hall–Kier alpha value is -2.19. The van der Waals surface area contributed by atoms with Crippen LogP contribution in [-0.2, 0) is 9.53 Å². The van der Waals surface area contributed by atoms with E-state index in [0.717, 1.165) is 45.3 Å². The third-order valence-electron chi connectivity index (χ3n) is 3.60. The summed E-state index contributed by atoms with van der Waals surface area (Å²) in [5, 5.41) is 4.19. The Morgan fingerprint density at radius 1 is 1.29 bits per heavy atom. The number of halogens is 1. The van der Waals surface area contributed by atoms with Gasteiger partial charge in [0.1, 0.15) is 5.71 Å². The molecule has 6 nitrogen and oxygen atoms in total. The van der Waals surface area contributed by atoms with Gasteiger partial charge in [0.15, 0.2) is 5.17 Å². The molecule has 1 aromatic heterocycles. The second-order valence-corrected chi connectivity index (χ2v) is 7.35. The molecule has 0 unspecified atom stereocenters. The smallest absolute Gasteiger partial charge is 0.305 e. The van der Waals surface area contributed by atoms with Crippen molar-refractivity contribution >= 4 is 50.4 Å². The van der Waals surface area contributed by atoms with E-state index >= 15 is 0 Å². The molecule has 0 fully saturated rings. The van der Waals surface area contributed by atoms with Crippen molar-refractivity contribution in [2.75, 3.05) is 19.0 Å². The van der Waals surface area contributed by atoms with Crippen LogP contribution in [0.4, 0.5) is 5.69 Å². The topological polar surface area (TPSA) is 75.9 Å². The van der Waals surface area contributed by atoms with Crippen LogP contribution in [-0.4, -0.2) is 35.5 Å². The van der Waals surface area contributed by atoms with E-state index in [9.17, 15) is 4.79 Å². The molecule has 0 bridgehead atoms. The van der Waals surface area contributed by atoms with Crippen LogP contribution in [0.5, 0.6) is 0 Å². The summed E-state index contributed by atoms with van der Waals surface area (Å²) in [5.41, 5.74) is 3.72. The number of fused-ring (bicyclic) bond motifs is 1. The molecule has 0 spiro atoms. The average Bonchev–Trinajstić information content (AvgIpc) is 2.91. The highest BCUT2D eigenvalue weighted by Gasteiger charge is 2.19. The number of aliphatic imine (C=N–C) groups is 1. The van der Waals surface area contributed by atoms with Gasteiger partial charge < -0.3 is 10.1 Å². The van der Waals surface area contributed by atoms with Crippen LogP contribution in [0.1, 0.15) is 37.9 Å². The summed E-state index contributed by atoms with van der Waals surface area (Å²) in [6, 6.07) is 11.9. The van der Waals surface area contributed by atoms with Gasteiger partial charge in [-0.3, -0.25) is 14.8 Å². The van der Waals surface area contributed by atoms with Crippen LogP contribution in [0.15, 0.2) is 56.5 Å². The van der Waals surface area contributed by atoms with E-state index in [0.29, 0.717) is 6.42 Å². The lowest BCUT2D eigenvalue weighted by molar-refractivity contribution is -0.140. The number of anilines is 1. The molecule has 0 amide bonds. The van der Waals surface area contributed by atoms with Gasteiger partial charge in [-0.05, 0) is 36.8 Å². The number of ether oxygens (including phenoxy) is 1. The standard InChI is InChI=1S/C16H15BrN4S.C4H8O2/c1-2-8-19-16-20-13-7-6-11(17)10-12(13)15(21-22-16)14-5-3-4-9-18-14;1-3-4(5)6-2/h3-7,9-10H,2,8H2,1H3,(H,19,20);3H2,1-2H3. The molecular weight excluding hydrogens is 440 g/mol. The summed E-state index contributed by atoms with van der Waals surface area (Å²) in [6.45, 7) is 4.65. The molecular formula is C20H23BrN4O2S. The summed E-state index contributed by atoms with van der Waals surface area (Å²) in [6.07, 6.45) is 3.26. The monoisotopic (exact) mass is 462 g/mol. The number of benzene rings is 1. The van der Waals surface area contributed by atoms with Gasteiger partial charge >= 0.3 is 5.97 Å². The fraction of sp³-hybridized carbons (Fsp3) is 0.300. The maximum atomic E-state index is 9.96. The Morgan fingerprint density at radius 2 is 2.11 bits per heavy atom. The number of carbonyl (C=O) groups excluding carboxylic acids is 1. The van der Waals surface area contributed by atoms with Crippen LogP contribution < -0.4 is 5.32 Å². The van der Waals surface area contributed by atoms with Gasteiger partial charge in [-0.1, -0.05) is 35.8 Å². The van der Waals surface area contributed by atoms with Gasteiger partial charge in [0.05, 0.1) is 12.8 Å². The second kappa shape index (κ2) is 11.6. The van der Waals surface area contributed by atoms with Crippen molar-refractivity contribution < 1.29 is 9.53 Å². The molecule has 1 aliphatic heterocycles. The highest BCUT2D eigenvalue weighted by molar-refractivity contribution is 9.10. The summed E-state index contributed by atoms with van der Waals surface area (Å²) < 4.78 is 9.94. The number of hydrogen-bond donors (Lipinski definition) is 1. The predicted molar refractivity (Wildman–Crippen MR) is 120 cm³/mol. The van der Waals surface area contributed by atoms with Gasteiger partial charge in [0.2, 0.25) is 0 Å². The van der Waals surface area contributed by atoms with Crippen molar-refractivity contribution in [2.45, 2.75) is 26.7 Å². The zero-order valence-electron chi connectivity index (χ0n) is 16.1. The van der Waals surface area contributed by atoms with Crippen LogP contribution in [0.2, 0.25) is 0 Å². The summed E-state index contributed by atoms with van der Waals surface area (Å²) in [7, 11) is 1.38. The minimum absolute atomic E-state index is 0.157. The average molecular weight is 463 g/mol. The lowest BCUT2D eigenvalue weighted by Gasteiger charge is -2.10. The van der Waals surface area contributed by atoms with E-state index < -0.39 is 0 Å². The third-order valence-corrected chi connectivity index (χ3v) is 4.78. The van der Waals surface area contributed by atoms with Crippen LogP contribution >= 0.6 is 27.9 Å². The van der Waals surface area contributed by atoms with Crippen LogP contribution in [0.25, 0.3) is 0 Å². The first-order valence-electron chi connectivity index (χ1n) is 8.93. The molecule has 0 atom stereocenters. The van der Waals surface area contributed by atoms with Gasteiger partial charge in [-0.2, -0.15) is 0 Å². The summed E-state index contributed by atoms with van der Waals surface area (Å²) in [5.74, 6) is -0.157. The third kappa shape index (κ3) is 6.45. The Kier molecular flexibility index (Phi) is 9.16. The molecule has 2 heterocycles. The molecule has 0 radical (unpaired) electrons.